The molecule has 0 saturated heterocycles. The average molecular weight is 285 g/mol. The molecule has 19 heavy (non-hydrogen) atoms. The molecule has 1 aromatic carbocycles. The van der Waals surface area contributed by atoms with Crippen LogP contribution >= 0.6 is 0 Å². The summed E-state index contributed by atoms with van der Waals surface area (Å²) in [4.78, 5) is 10.9. The lowest BCUT2D eigenvalue weighted by Gasteiger charge is -2.11. The molecule has 0 heterocycles. The first-order valence-electron chi connectivity index (χ1n) is 5.44. The van der Waals surface area contributed by atoms with Gasteiger partial charge >= 0.3 is 5.97 Å². The Morgan fingerprint density at radius 3 is 2.58 bits per heavy atom. The highest BCUT2D eigenvalue weighted by Crippen LogP contribution is 2.16. The van der Waals surface area contributed by atoms with Crippen molar-refractivity contribution in [2.24, 2.45) is 0 Å². The van der Waals surface area contributed by atoms with E-state index in [-0.39, 0.29) is 17.5 Å². The Labute approximate surface area is 110 Å². The van der Waals surface area contributed by atoms with E-state index >= 15 is 0 Å². The van der Waals surface area contributed by atoms with E-state index in [2.05, 4.69) is 0 Å². The van der Waals surface area contributed by atoms with Gasteiger partial charge in [-0.15, -0.1) is 0 Å². The number of carboxylic acids is 1. The van der Waals surface area contributed by atoms with Crippen molar-refractivity contribution in [1.82, 2.24) is 0 Å². The zero-order valence-electron chi connectivity index (χ0n) is 10.1. The molecule has 0 aromatic heterocycles. The summed E-state index contributed by atoms with van der Waals surface area (Å²) < 4.78 is 37.0. The first-order valence-corrected chi connectivity index (χ1v) is 7.15. The number of nitriles is 1. The van der Waals surface area contributed by atoms with Crippen molar-refractivity contribution in [3.8, 4) is 6.07 Å². The van der Waals surface area contributed by atoms with Gasteiger partial charge in [0.1, 0.15) is 5.82 Å². The summed E-state index contributed by atoms with van der Waals surface area (Å²) in [5, 5.41) is 16.0. The number of hydrogen-bond acceptors (Lipinski definition) is 4. The number of rotatable bonds is 5. The molecule has 0 fully saturated rings. The smallest absolute Gasteiger partial charge is 0.321 e. The largest absolute Gasteiger partial charge is 0.480 e. The van der Waals surface area contributed by atoms with Crippen molar-refractivity contribution in [3.05, 3.63) is 35.1 Å². The SMILES string of the molecule is CCC(C(=O)O)S(=O)(=O)Cc1cc(F)cc(C#N)c1. The van der Waals surface area contributed by atoms with Crippen molar-refractivity contribution < 1.29 is 22.7 Å². The molecule has 7 heteroatoms. The molecular weight excluding hydrogens is 273 g/mol. The van der Waals surface area contributed by atoms with Gasteiger partial charge in [0.05, 0.1) is 17.4 Å². The molecule has 0 radical (unpaired) electrons. The number of carbonyl (C=O) groups is 1. The highest BCUT2D eigenvalue weighted by Gasteiger charge is 2.30. The van der Waals surface area contributed by atoms with E-state index in [1.54, 1.807) is 6.07 Å². The van der Waals surface area contributed by atoms with E-state index < -0.39 is 32.6 Å². The monoisotopic (exact) mass is 285 g/mol. The Kier molecular flexibility index (Phi) is 4.62. The third-order valence-corrected chi connectivity index (χ3v) is 4.67. The van der Waals surface area contributed by atoms with E-state index in [0.29, 0.717) is 0 Å². The number of aliphatic carboxylic acids is 1. The fourth-order valence-corrected chi connectivity index (χ4v) is 3.36. The summed E-state index contributed by atoms with van der Waals surface area (Å²) in [6, 6.07) is 4.90. The average Bonchev–Trinajstić information content (AvgIpc) is 2.26. The van der Waals surface area contributed by atoms with E-state index in [4.69, 9.17) is 10.4 Å². The highest BCUT2D eigenvalue weighted by molar-refractivity contribution is 7.92. The maximum atomic E-state index is 13.2. The molecule has 102 valence electrons. The molecule has 1 aromatic rings. The van der Waals surface area contributed by atoms with Crippen LogP contribution in [0.3, 0.4) is 0 Å². The molecule has 0 amide bonds. The fourth-order valence-electron chi connectivity index (χ4n) is 1.71. The molecular formula is C12H12FNO4S. The van der Waals surface area contributed by atoms with Gasteiger partial charge in [-0.1, -0.05) is 6.92 Å². The topological polar surface area (TPSA) is 95.2 Å². The van der Waals surface area contributed by atoms with Crippen molar-refractivity contribution >= 4 is 15.8 Å². The van der Waals surface area contributed by atoms with Gasteiger partial charge in [0.2, 0.25) is 0 Å². The molecule has 5 nitrogen and oxygen atoms in total. The molecule has 0 aliphatic carbocycles. The van der Waals surface area contributed by atoms with E-state index in [9.17, 15) is 17.6 Å². The lowest BCUT2D eigenvalue weighted by Crippen LogP contribution is -2.30. The Hall–Kier alpha value is -1.94. The lowest BCUT2D eigenvalue weighted by molar-refractivity contribution is -0.136. The van der Waals surface area contributed by atoms with Gasteiger partial charge in [0.25, 0.3) is 0 Å². The van der Waals surface area contributed by atoms with Crippen molar-refractivity contribution in [3.63, 3.8) is 0 Å². The Balaban J connectivity index is 3.12. The third kappa shape index (κ3) is 3.76. The molecule has 1 atom stereocenters. The molecule has 0 aliphatic rings. The van der Waals surface area contributed by atoms with Crippen molar-refractivity contribution in [2.45, 2.75) is 24.3 Å². The summed E-state index contributed by atoms with van der Waals surface area (Å²) in [5.41, 5.74) is 0.0600. The van der Waals surface area contributed by atoms with Crippen LogP contribution in [0.25, 0.3) is 0 Å². The summed E-state index contributed by atoms with van der Waals surface area (Å²) in [6.45, 7) is 1.45. The van der Waals surface area contributed by atoms with Crippen LogP contribution in [-0.2, 0) is 20.4 Å². The van der Waals surface area contributed by atoms with Crippen LogP contribution in [0.2, 0.25) is 0 Å². The minimum atomic E-state index is -3.94. The van der Waals surface area contributed by atoms with Crippen LogP contribution in [0.15, 0.2) is 18.2 Å². The lowest BCUT2D eigenvalue weighted by atomic mass is 10.1. The second kappa shape index (κ2) is 5.80. The quantitative estimate of drug-likeness (QED) is 0.884. The van der Waals surface area contributed by atoms with Crippen LogP contribution in [0, 0.1) is 17.1 Å². The number of nitrogens with zero attached hydrogens (tertiary/aromatic N) is 1. The van der Waals surface area contributed by atoms with Crippen molar-refractivity contribution in [2.75, 3.05) is 0 Å². The maximum absolute atomic E-state index is 13.2. The van der Waals surface area contributed by atoms with Gasteiger partial charge in [-0.3, -0.25) is 4.79 Å². The molecule has 1 rings (SSSR count). The zero-order chi connectivity index (χ0) is 14.6. The molecule has 0 spiro atoms. The van der Waals surface area contributed by atoms with Crippen LogP contribution in [-0.4, -0.2) is 24.7 Å². The van der Waals surface area contributed by atoms with E-state index in [1.165, 1.54) is 13.0 Å². The minimum absolute atomic E-state index is 0.00595. The van der Waals surface area contributed by atoms with Crippen LogP contribution in [0.4, 0.5) is 4.39 Å². The first-order chi connectivity index (χ1) is 8.80. The predicted molar refractivity (Wildman–Crippen MR) is 65.5 cm³/mol. The molecule has 0 saturated carbocycles. The van der Waals surface area contributed by atoms with Gasteiger partial charge in [-0.05, 0) is 30.2 Å². The predicted octanol–water partition coefficient (Wildman–Crippen LogP) is 1.48. The number of halogens is 1. The molecule has 0 aliphatic heterocycles. The van der Waals surface area contributed by atoms with Gasteiger partial charge in [0, 0.05) is 0 Å². The van der Waals surface area contributed by atoms with Gasteiger partial charge in [-0.2, -0.15) is 5.26 Å². The first kappa shape index (κ1) is 15.1. The Morgan fingerprint density at radius 2 is 2.11 bits per heavy atom. The fraction of sp³-hybridized carbons (Fsp3) is 0.333. The van der Waals surface area contributed by atoms with Gasteiger partial charge in [-0.25, -0.2) is 12.8 Å². The number of sulfone groups is 1. The van der Waals surface area contributed by atoms with Crippen LogP contribution in [0.5, 0.6) is 0 Å². The third-order valence-electron chi connectivity index (χ3n) is 2.53. The van der Waals surface area contributed by atoms with E-state index in [1.807, 2.05) is 0 Å². The van der Waals surface area contributed by atoms with Crippen molar-refractivity contribution in [1.29, 1.82) is 5.26 Å². The Bertz CT molecular complexity index is 634. The summed E-state index contributed by atoms with van der Waals surface area (Å²) in [5.74, 6) is -2.77. The normalized spacial score (nSPS) is 12.7. The highest BCUT2D eigenvalue weighted by atomic mass is 32.2. The standard InChI is InChI=1S/C12H12FNO4S/c1-2-11(12(15)16)19(17,18)7-9-3-8(6-14)4-10(13)5-9/h3-5,11H,2,7H2,1H3,(H,15,16). The Morgan fingerprint density at radius 1 is 1.47 bits per heavy atom. The van der Waals surface area contributed by atoms with Crippen LogP contribution < -0.4 is 0 Å². The molecule has 1 N–H and O–H groups in total. The second-order valence-electron chi connectivity index (χ2n) is 4.00. The summed E-state index contributed by atoms with van der Waals surface area (Å²) in [7, 11) is -3.94. The van der Waals surface area contributed by atoms with Crippen LogP contribution in [0.1, 0.15) is 24.5 Å². The summed E-state index contributed by atoms with van der Waals surface area (Å²) >= 11 is 0. The summed E-state index contributed by atoms with van der Waals surface area (Å²) in [6.07, 6.45) is -0.0713. The van der Waals surface area contributed by atoms with E-state index in [0.717, 1.165) is 12.1 Å². The maximum Gasteiger partial charge on any atom is 0.321 e. The number of benzene rings is 1. The molecule has 0 bridgehead atoms. The second-order valence-corrected chi connectivity index (χ2v) is 6.19. The zero-order valence-corrected chi connectivity index (χ0v) is 10.9. The minimum Gasteiger partial charge on any atom is -0.480 e. The van der Waals surface area contributed by atoms with Gasteiger partial charge in [0.15, 0.2) is 15.1 Å². The molecule has 1 unspecified atom stereocenters. The van der Waals surface area contributed by atoms with Gasteiger partial charge < -0.3 is 5.11 Å². The number of hydrogen-bond donors (Lipinski definition) is 1. The number of carboxylic acid groups (broad SMARTS) is 1.